The number of nitrogens with zero attached hydrogens (tertiary/aromatic N) is 6. The van der Waals surface area contributed by atoms with Gasteiger partial charge in [-0.25, -0.2) is 4.68 Å². The molecule has 15 nitrogen and oxygen atoms in total. The number of hydrogen-bond donors (Lipinski definition) is 3. The zero-order valence-electron chi connectivity index (χ0n) is 36.3. The van der Waals surface area contributed by atoms with E-state index >= 15 is 0 Å². The number of hydrogen-bond acceptors (Lipinski definition) is 11. The van der Waals surface area contributed by atoms with Crippen molar-refractivity contribution in [2.45, 2.75) is 81.8 Å². The molecule has 4 N–H and O–H groups in total. The Kier molecular flexibility index (Phi) is 11.8. The van der Waals surface area contributed by atoms with Crippen LogP contribution in [-0.2, 0) is 9.59 Å². The van der Waals surface area contributed by atoms with E-state index in [4.69, 9.17) is 15.6 Å². The summed E-state index contributed by atoms with van der Waals surface area (Å²) in [6.07, 6.45) is 7.78. The summed E-state index contributed by atoms with van der Waals surface area (Å²) in [5, 5.41) is 10.8. The van der Waals surface area contributed by atoms with Crippen LogP contribution in [0.25, 0.3) is 11.3 Å². The van der Waals surface area contributed by atoms with Crippen molar-refractivity contribution < 1.29 is 28.7 Å². The SMILES string of the molecule is NC(=O)c1c(-c2ccc(Oc3ccccc3)cc2)nn2c1NCCC2C1CCN(C2CCN(CCN3CCC(c4ccc5c(c4)C(=O)N(C4CCC(=O)NC4=O)C5=O)CC3)CC2)CC1. The quantitative estimate of drug-likeness (QED) is 0.168. The standard InChI is InChI=1S/C49H57N9O6/c50-45(60)43-44(33-6-9-37(10-7-33)64-36-4-2-1-3-5-36)53-58-40(14-21-51-46(43)58)32-17-26-56(27-18-32)35-19-24-55(25-20-35)29-28-54-22-15-31(16-23-54)34-8-11-38-39(30-34)49(63)57(48(38)62)41-12-13-42(59)52-47(41)61/h1-11,30-32,35,40-41,51H,12-29H2,(H2,50,60)(H,52,59,61). The van der Waals surface area contributed by atoms with Crippen LogP contribution in [0.15, 0.2) is 72.8 Å². The molecule has 4 saturated heterocycles. The van der Waals surface area contributed by atoms with Crippen molar-refractivity contribution in [2.75, 3.05) is 64.2 Å². The smallest absolute Gasteiger partial charge is 0.262 e. The number of carbonyl (C=O) groups is 5. The number of amides is 5. The van der Waals surface area contributed by atoms with Crippen molar-refractivity contribution in [3.63, 3.8) is 0 Å². The number of imide groups is 2. The molecule has 3 aromatic carbocycles. The van der Waals surface area contributed by atoms with Gasteiger partial charge in [-0.1, -0.05) is 24.3 Å². The predicted octanol–water partition coefficient (Wildman–Crippen LogP) is 5.26. The average Bonchev–Trinajstić information content (AvgIpc) is 3.84. The largest absolute Gasteiger partial charge is 0.457 e. The first-order chi connectivity index (χ1) is 31.2. The van der Waals surface area contributed by atoms with Crippen molar-refractivity contribution in [1.82, 2.24) is 34.7 Å². The number of ether oxygens (including phenoxy) is 1. The van der Waals surface area contributed by atoms with Crippen molar-refractivity contribution in [2.24, 2.45) is 11.7 Å². The second-order valence-corrected chi connectivity index (χ2v) is 18.4. The number of fused-ring (bicyclic) bond motifs is 2. The van der Waals surface area contributed by atoms with Crippen LogP contribution in [0.5, 0.6) is 11.5 Å². The number of anilines is 1. The van der Waals surface area contributed by atoms with Gasteiger partial charge in [0.05, 0.1) is 17.2 Å². The van der Waals surface area contributed by atoms with Gasteiger partial charge in [-0.15, -0.1) is 0 Å². The number of benzene rings is 3. The van der Waals surface area contributed by atoms with Crippen LogP contribution in [0.4, 0.5) is 5.82 Å². The molecule has 0 saturated carbocycles. The normalized spacial score (nSPS) is 23.2. The first-order valence-corrected chi connectivity index (χ1v) is 23.2. The molecule has 1 aromatic heterocycles. The molecule has 6 aliphatic rings. The molecule has 0 spiro atoms. The van der Waals surface area contributed by atoms with E-state index in [1.807, 2.05) is 66.7 Å². The number of aromatic nitrogens is 2. The van der Waals surface area contributed by atoms with E-state index in [1.165, 1.54) is 12.8 Å². The van der Waals surface area contributed by atoms with Crippen LogP contribution >= 0.6 is 0 Å². The molecular weight excluding hydrogens is 811 g/mol. The van der Waals surface area contributed by atoms with Gasteiger partial charge in [-0.3, -0.25) is 34.2 Å². The zero-order valence-corrected chi connectivity index (χ0v) is 36.3. The Morgan fingerprint density at radius 1 is 0.734 bits per heavy atom. The van der Waals surface area contributed by atoms with Crippen LogP contribution in [0.3, 0.4) is 0 Å². The number of rotatable bonds is 11. The maximum atomic E-state index is 13.4. The van der Waals surface area contributed by atoms with Gasteiger partial charge in [0.15, 0.2) is 0 Å². The maximum absolute atomic E-state index is 13.4. The lowest BCUT2D eigenvalue weighted by Crippen LogP contribution is -2.54. The topological polar surface area (TPSA) is 175 Å². The van der Waals surface area contributed by atoms with E-state index < -0.39 is 29.7 Å². The minimum absolute atomic E-state index is 0.107. The van der Waals surface area contributed by atoms with E-state index in [2.05, 4.69) is 30.0 Å². The summed E-state index contributed by atoms with van der Waals surface area (Å²) in [5.41, 5.74) is 9.66. The summed E-state index contributed by atoms with van der Waals surface area (Å²) in [5.74, 6) is 0.634. The summed E-state index contributed by atoms with van der Waals surface area (Å²) in [7, 11) is 0. The molecule has 7 heterocycles. The van der Waals surface area contributed by atoms with Gasteiger partial charge >= 0.3 is 0 Å². The highest BCUT2D eigenvalue weighted by molar-refractivity contribution is 6.23. The summed E-state index contributed by atoms with van der Waals surface area (Å²) in [4.78, 5) is 72.5. The van der Waals surface area contributed by atoms with E-state index in [9.17, 15) is 24.0 Å². The van der Waals surface area contributed by atoms with Crippen molar-refractivity contribution in [3.05, 3.63) is 95.1 Å². The average molecular weight is 868 g/mol. The van der Waals surface area contributed by atoms with Crippen molar-refractivity contribution in [3.8, 4) is 22.8 Å². The Morgan fingerprint density at radius 2 is 1.41 bits per heavy atom. The first-order valence-electron chi connectivity index (χ1n) is 23.2. The third kappa shape index (κ3) is 8.32. The van der Waals surface area contributed by atoms with Crippen molar-refractivity contribution in [1.29, 1.82) is 0 Å². The summed E-state index contributed by atoms with van der Waals surface area (Å²) in [6.45, 7) is 9.25. The van der Waals surface area contributed by atoms with E-state index in [0.717, 1.165) is 119 Å². The third-order valence-electron chi connectivity index (χ3n) is 14.8. The van der Waals surface area contributed by atoms with Crippen LogP contribution in [0, 0.1) is 5.92 Å². The van der Waals surface area contributed by atoms with Crippen LogP contribution in [-0.4, -0.2) is 130 Å². The van der Waals surface area contributed by atoms with Crippen LogP contribution < -0.4 is 21.1 Å². The zero-order chi connectivity index (χ0) is 43.9. The highest BCUT2D eigenvalue weighted by atomic mass is 16.5. The molecule has 5 amide bonds. The number of carbonyl (C=O) groups excluding carboxylic acids is 5. The second-order valence-electron chi connectivity index (χ2n) is 18.4. The maximum Gasteiger partial charge on any atom is 0.262 e. The van der Waals surface area contributed by atoms with Crippen molar-refractivity contribution >= 4 is 35.4 Å². The second kappa shape index (κ2) is 17.9. The van der Waals surface area contributed by atoms with Gasteiger partial charge < -0.3 is 30.5 Å². The van der Waals surface area contributed by atoms with Gasteiger partial charge in [0, 0.05) is 37.7 Å². The molecule has 15 heteroatoms. The molecule has 0 aliphatic carbocycles. The van der Waals surface area contributed by atoms with Gasteiger partial charge in [0.25, 0.3) is 17.7 Å². The third-order valence-corrected chi connectivity index (χ3v) is 14.8. The van der Waals surface area contributed by atoms with E-state index in [-0.39, 0.29) is 24.8 Å². The fraction of sp³-hybridized carbons (Fsp3) is 0.469. The molecule has 10 rings (SSSR count). The highest BCUT2D eigenvalue weighted by Gasteiger charge is 2.45. The lowest BCUT2D eigenvalue weighted by molar-refractivity contribution is -0.136. The molecule has 334 valence electrons. The number of piperidine rings is 4. The molecule has 2 atom stereocenters. The predicted molar refractivity (Wildman–Crippen MR) is 240 cm³/mol. The molecule has 4 fully saturated rings. The number of nitrogens with one attached hydrogen (secondary N) is 2. The molecule has 0 bridgehead atoms. The molecular formula is C49H57N9O6. The number of para-hydroxylation sites is 1. The summed E-state index contributed by atoms with van der Waals surface area (Å²) < 4.78 is 8.06. The van der Waals surface area contributed by atoms with E-state index in [0.29, 0.717) is 46.0 Å². The highest BCUT2D eigenvalue weighted by Crippen LogP contribution is 2.41. The Labute approximate surface area is 373 Å². The minimum Gasteiger partial charge on any atom is -0.457 e. The minimum atomic E-state index is -0.952. The van der Waals surface area contributed by atoms with Crippen LogP contribution in [0.1, 0.15) is 106 Å². The fourth-order valence-corrected chi connectivity index (χ4v) is 11.2. The first kappa shape index (κ1) is 42.1. The lowest BCUT2D eigenvalue weighted by Gasteiger charge is -2.44. The van der Waals surface area contributed by atoms with E-state index in [1.54, 1.807) is 6.07 Å². The molecule has 64 heavy (non-hydrogen) atoms. The Morgan fingerprint density at radius 3 is 2.09 bits per heavy atom. The lowest BCUT2D eigenvalue weighted by atomic mass is 9.85. The number of nitrogens with two attached hydrogens (primary N) is 1. The van der Waals surface area contributed by atoms with Gasteiger partial charge in [-0.2, -0.15) is 5.10 Å². The number of likely N-dealkylation sites (tertiary alicyclic amines) is 3. The Balaban J connectivity index is 0.678. The molecule has 0 radical (unpaired) electrons. The van der Waals surface area contributed by atoms with Crippen LogP contribution in [0.2, 0.25) is 0 Å². The summed E-state index contributed by atoms with van der Waals surface area (Å²) in [6, 6.07) is 22.8. The van der Waals surface area contributed by atoms with Gasteiger partial charge in [0.2, 0.25) is 11.8 Å². The Hall–Kier alpha value is -5.90. The fourth-order valence-electron chi connectivity index (χ4n) is 11.2. The molecule has 4 aromatic rings. The monoisotopic (exact) mass is 867 g/mol. The summed E-state index contributed by atoms with van der Waals surface area (Å²) >= 11 is 0. The molecule has 6 aliphatic heterocycles. The van der Waals surface area contributed by atoms with Gasteiger partial charge in [0.1, 0.15) is 34.6 Å². The Bertz CT molecular complexity index is 2410. The van der Waals surface area contributed by atoms with Gasteiger partial charge in [-0.05, 0) is 157 Å². The molecule has 2 unspecified atom stereocenters. The number of primary amides is 1.